The van der Waals surface area contributed by atoms with Gasteiger partial charge in [-0.05, 0) is 5.75 Å². The van der Waals surface area contributed by atoms with E-state index in [1.807, 2.05) is 0 Å². The zero-order chi connectivity index (χ0) is 8.55. The number of esters is 1. The van der Waals surface area contributed by atoms with E-state index in [9.17, 15) is 4.79 Å². The van der Waals surface area contributed by atoms with Gasteiger partial charge in [-0.1, -0.05) is 6.92 Å². The van der Waals surface area contributed by atoms with Crippen LogP contribution in [-0.2, 0) is 9.53 Å². The highest BCUT2D eigenvalue weighted by atomic mass is 32.2. The maximum atomic E-state index is 11.2. The Morgan fingerprint density at radius 3 is 3.33 bits per heavy atom. The summed E-state index contributed by atoms with van der Waals surface area (Å²) in [6.07, 6.45) is 0. The second-order valence-corrected chi connectivity index (χ2v) is 4.18. The Kier molecular flexibility index (Phi) is 2.04. The number of fused-ring (bicyclic) bond motifs is 1. The van der Waals surface area contributed by atoms with Gasteiger partial charge in [0.25, 0.3) is 0 Å². The summed E-state index contributed by atoms with van der Waals surface area (Å²) in [5.41, 5.74) is -0.0116. The smallest absolute Gasteiger partial charge is 0.334 e. The van der Waals surface area contributed by atoms with E-state index in [4.69, 9.17) is 4.74 Å². The lowest BCUT2D eigenvalue weighted by Gasteiger charge is -2.11. The number of hydrogen-bond acceptors (Lipinski definition) is 5. The molecule has 1 saturated heterocycles. The molecule has 0 amide bonds. The quantitative estimate of drug-likeness (QED) is 0.606. The summed E-state index contributed by atoms with van der Waals surface area (Å²) in [7, 11) is 0. The van der Waals surface area contributed by atoms with Crippen LogP contribution in [0.3, 0.4) is 0 Å². The molecule has 12 heavy (non-hydrogen) atoms. The van der Waals surface area contributed by atoms with Crippen molar-refractivity contribution in [2.45, 2.75) is 18.4 Å². The number of cyclic esters (lactones) is 1. The van der Waals surface area contributed by atoms with Gasteiger partial charge in [-0.25, -0.2) is 4.79 Å². The van der Waals surface area contributed by atoms with Crippen LogP contribution in [0, 0.1) is 5.92 Å². The molecular weight excluding hydrogens is 176 g/mol. The molecule has 0 aromatic heterocycles. The van der Waals surface area contributed by atoms with E-state index >= 15 is 0 Å². The van der Waals surface area contributed by atoms with Gasteiger partial charge in [-0.3, -0.25) is 0 Å². The van der Waals surface area contributed by atoms with Gasteiger partial charge >= 0.3 is 5.97 Å². The largest absolute Gasteiger partial charge is 0.449 e. The molecule has 2 rings (SSSR count). The topological polar surface area (TPSA) is 51.0 Å². The van der Waals surface area contributed by atoms with Crippen LogP contribution in [0.25, 0.3) is 0 Å². The minimum absolute atomic E-state index is 0.0116. The highest BCUT2D eigenvalue weighted by Crippen LogP contribution is 2.35. The maximum absolute atomic E-state index is 11.2. The number of nitrogens with zero attached hydrogens (tertiary/aromatic N) is 2. The molecule has 0 spiro atoms. The van der Waals surface area contributed by atoms with Crippen LogP contribution in [0.15, 0.2) is 10.2 Å². The van der Waals surface area contributed by atoms with Gasteiger partial charge in [0.2, 0.25) is 0 Å². The molecular formula is C7H10N2O2S. The summed E-state index contributed by atoms with van der Waals surface area (Å²) in [4.78, 5) is 11.2. The molecule has 0 aliphatic carbocycles. The van der Waals surface area contributed by atoms with Crippen molar-refractivity contribution < 1.29 is 9.53 Å². The van der Waals surface area contributed by atoms with Crippen molar-refractivity contribution in [1.29, 1.82) is 0 Å². The highest BCUT2D eigenvalue weighted by molar-refractivity contribution is 7.99. The van der Waals surface area contributed by atoms with Crippen molar-refractivity contribution in [2.24, 2.45) is 16.1 Å². The summed E-state index contributed by atoms with van der Waals surface area (Å²) < 4.78 is 5.14. The number of thioether (sulfide) groups is 1. The molecule has 0 aromatic carbocycles. The summed E-state index contributed by atoms with van der Waals surface area (Å²) in [6, 6.07) is -0.297. The van der Waals surface area contributed by atoms with Crippen LogP contribution in [-0.4, -0.2) is 29.7 Å². The van der Waals surface area contributed by atoms with Crippen molar-refractivity contribution in [3.05, 3.63) is 0 Å². The van der Waals surface area contributed by atoms with Crippen LogP contribution < -0.4 is 0 Å². The molecule has 0 aromatic rings. The van der Waals surface area contributed by atoms with E-state index in [0.717, 1.165) is 5.75 Å². The fourth-order valence-corrected chi connectivity index (χ4v) is 2.44. The zero-order valence-corrected chi connectivity index (χ0v) is 7.58. The molecule has 2 heterocycles. The van der Waals surface area contributed by atoms with Crippen molar-refractivity contribution in [1.82, 2.24) is 0 Å². The molecule has 0 saturated carbocycles. The minimum Gasteiger partial charge on any atom is -0.449 e. The number of carbonyl (C=O) groups excluding carboxylic acids is 1. The second-order valence-electron chi connectivity index (χ2n) is 2.81. The Hall–Kier alpha value is -0.580. The molecule has 2 aliphatic heterocycles. The summed E-state index contributed by atoms with van der Waals surface area (Å²) in [6.45, 7) is 2.70. The van der Waals surface area contributed by atoms with E-state index in [1.165, 1.54) is 0 Å². The Bertz CT molecular complexity index is 231. The zero-order valence-electron chi connectivity index (χ0n) is 6.77. The SMILES string of the molecule is CCS[C@@H]1OC(=O)[C@H]2N=NC[C@H]21. The minimum atomic E-state index is -0.297. The molecule has 2 aliphatic rings. The van der Waals surface area contributed by atoms with E-state index in [0.29, 0.717) is 6.54 Å². The third kappa shape index (κ3) is 1.12. The van der Waals surface area contributed by atoms with Crippen LogP contribution >= 0.6 is 11.8 Å². The van der Waals surface area contributed by atoms with Crippen LogP contribution in [0.4, 0.5) is 0 Å². The lowest BCUT2D eigenvalue weighted by Crippen LogP contribution is -2.20. The number of carbonyl (C=O) groups is 1. The third-order valence-electron chi connectivity index (χ3n) is 2.06. The lowest BCUT2D eigenvalue weighted by molar-refractivity contribution is -0.140. The highest BCUT2D eigenvalue weighted by Gasteiger charge is 2.47. The van der Waals surface area contributed by atoms with Gasteiger partial charge in [-0.15, -0.1) is 11.8 Å². The Balaban J connectivity index is 2.07. The predicted molar refractivity (Wildman–Crippen MR) is 45.0 cm³/mol. The van der Waals surface area contributed by atoms with E-state index in [2.05, 4.69) is 17.2 Å². The van der Waals surface area contributed by atoms with Gasteiger partial charge in [-0.2, -0.15) is 10.2 Å². The lowest BCUT2D eigenvalue weighted by atomic mass is 10.1. The number of ether oxygens (including phenoxy) is 1. The van der Waals surface area contributed by atoms with Gasteiger partial charge in [0.05, 0.1) is 12.5 Å². The normalized spacial score (nSPS) is 38.4. The van der Waals surface area contributed by atoms with Crippen molar-refractivity contribution in [2.75, 3.05) is 12.3 Å². The number of rotatable bonds is 2. The monoisotopic (exact) mass is 186 g/mol. The fourth-order valence-electron chi connectivity index (χ4n) is 1.47. The fraction of sp³-hybridized carbons (Fsp3) is 0.857. The average molecular weight is 186 g/mol. The molecule has 5 heteroatoms. The first-order chi connectivity index (χ1) is 5.83. The standard InChI is InChI=1S/C7H10N2O2S/c1-2-12-7-4-3-8-9-5(4)6(10)11-7/h4-5,7H,2-3H2,1H3/t4-,5+,7+/m1/s1. The van der Waals surface area contributed by atoms with Gasteiger partial charge in [0.1, 0.15) is 0 Å². The van der Waals surface area contributed by atoms with Crippen LogP contribution in [0.1, 0.15) is 6.92 Å². The van der Waals surface area contributed by atoms with Gasteiger partial charge in [0.15, 0.2) is 11.5 Å². The van der Waals surface area contributed by atoms with Gasteiger partial charge in [0, 0.05) is 0 Å². The molecule has 0 radical (unpaired) electrons. The van der Waals surface area contributed by atoms with Crippen molar-refractivity contribution in [3.8, 4) is 0 Å². The van der Waals surface area contributed by atoms with Crippen molar-refractivity contribution in [3.63, 3.8) is 0 Å². The molecule has 0 N–H and O–H groups in total. The second kappa shape index (κ2) is 3.05. The van der Waals surface area contributed by atoms with Crippen LogP contribution in [0.5, 0.6) is 0 Å². The molecule has 0 unspecified atom stereocenters. The first-order valence-corrected chi connectivity index (χ1v) is 5.06. The number of azo groups is 1. The van der Waals surface area contributed by atoms with E-state index in [-0.39, 0.29) is 23.4 Å². The van der Waals surface area contributed by atoms with Gasteiger partial charge < -0.3 is 4.74 Å². The Morgan fingerprint density at radius 1 is 1.75 bits per heavy atom. The summed E-state index contributed by atoms with van der Waals surface area (Å²) in [5.74, 6) is 0.955. The Morgan fingerprint density at radius 2 is 2.58 bits per heavy atom. The molecule has 66 valence electrons. The molecule has 4 nitrogen and oxygen atoms in total. The van der Waals surface area contributed by atoms with Crippen LogP contribution in [0.2, 0.25) is 0 Å². The first-order valence-electron chi connectivity index (χ1n) is 4.01. The summed E-state index contributed by atoms with van der Waals surface area (Å²) in [5, 5.41) is 7.71. The van der Waals surface area contributed by atoms with E-state index in [1.54, 1.807) is 11.8 Å². The van der Waals surface area contributed by atoms with Crippen molar-refractivity contribution >= 4 is 17.7 Å². The predicted octanol–water partition coefficient (Wildman–Crippen LogP) is 1.07. The molecule has 1 fully saturated rings. The Labute approximate surface area is 74.8 Å². The molecule has 0 bridgehead atoms. The molecule has 3 atom stereocenters. The maximum Gasteiger partial charge on any atom is 0.334 e. The first kappa shape index (κ1) is 8.04. The van der Waals surface area contributed by atoms with E-state index < -0.39 is 0 Å². The summed E-state index contributed by atoms with van der Waals surface area (Å²) >= 11 is 1.66. The average Bonchev–Trinajstić information content (AvgIpc) is 2.58. The third-order valence-corrected chi connectivity index (χ3v) is 3.17. The number of hydrogen-bond donors (Lipinski definition) is 0.